The molecule has 8 nitrogen and oxygen atoms in total. The number of fused-ring (bicyclic) bond motifs is 1. The summed E-state index contributed by atoms with van der Waals surface area (Å²) < 4.78 is 64.0. The summed E-state index contributed by atoms with van der Waals surface area (Å²) in [6.07, 6.45) is 0.672. The summed E-state index contributed by atoms with van der Waals surface area (Å²) in [5, 5.41) is 2.70. The number of pyridine rings is 1. The van der Waals surface area contributed by atoms with E-state index in [1.165, 1.54) is 26.3 Å². The molecule has 2 saturated carbocycles. The number of rotatable bonds is 8. The molecule has 2 aliphatic rings. The number of hydrogen-bond donors (Lipinski definition) is 1. The number of hydrogen-bond acceptors (Lipinski definition) is 7. The third kappa shape index (κ3) is 3.88. The second-order valence-electron chi connectivity index (χ2n) is 8.76. The van der Waals surface area contributed by atoms with Gasteiger partial charge < -0.3 is 23.9 Å². The van der Waals surface area contributed by atoms with E-state index in [0.29, 0.717) is 11.1 Å². The number of carbonyl (C=O) groups is 1. The molecule has 0 radical (unpaired) electrons. The lowest BCUT2D eigenvalue weighted by atomic mass is 10.2. The van der Waals surface area contributed by atoms with Crippen molar-refractivity contribution >= 4 is 17.0 Å². The van der Waals surface area contributed by atoms with Gasteiger partial charge in [-0.25, -0.2) is 23.1 Å². The van der Waals surface area contributed by atoms with Gasteiger partial charge >= 0.3 is 0 Å². The summed E-state index contributed by atoms with van der Waals surface area (Å²) in [6, 6.07) is 3.96. The highest BCUT2D eigenvalue weighted by molar-refractivity contribution is 5.76. The molecule has 0 saturated heterocycles. The maximum atomic E-state index is 14.9. The van der Waals surface area contributed by atoms with Crippen LogP contribution in [0.1, 0.15) is 26.7 Å². The molecular weight excluding hydrogens is 455 g/mol. The fraction of sp³-hybridized carbons (Fsp3) is 0.435. The monoisotopic (exact) mass is 477 g/mol. The highest BCUT2D eigenvalue weighted by atomic mass is 19.3. The maximum Gasteiger partial charge on any atom is 0.258 e. The zero-order valence-electron chi connectivity index (χ0n) is 18.7. The van der Waals surface area contributed by atoms with Crippen molar-refractivity contribution in [2.45, 2.75) is 44.8 Å². The van der Waals surface area contributed by atoms with E-state index in [1.807, 2.05) is 0 Å². The first-order valence-electron chi connectivity index (χ1n) is 10.7. The van der Waals surface area contributed by atoms with Crippen molar-refractivity contribution in [2.24, 2.45) is 5.41 Å². The van der Waals surface area contributed by atoms with E-state index in [-0.39, 0.29) is 60.2 Å². The molecular formula is C23H22F3N3O5. The number of benzene rings is 1. The molecule has 1 aromatic carbocycles. The Morgan fingerprint density at radius 1 is 1.35 bits per heavy atom. The molecule has 1 N–H and O–H groups in total. The molecule has 2 heterocycles. The third-order valence-corrected chi connectivity index (χ3v) is 6.06. The minimum atomic E-state index is -2.75. The van der Waals surface area contributed by atoms with Crippen LogP contribution < -0.4 is 19.5 Å². The van der Waals surface area contributed by atoms with Crippen LogP contribution in [-0.4, -0.2) is 47.7 Å². The number of halogens is 3. The van der Waals surface area contributed by atoms with Crippen molar-refractivity contribution < 1.29 is 36.6 Å². The molecule has 3 atom stereocenters. The van der Waals surface area contributed by atoms with Gasteiger partial charge in [0, 0.05) is 31.4 Å². The highest BCUT2D eigenvalue weighted by Gasteiger charge is 2.85. The van der Waals surface area contributed by atoms with Gasteiger partial charge in [0.15, 0.2) is 22.9 Å². The van der Waals surface area contributed by atoms with Gasteiger partial charge in [0.2, 0.25) is 17.7 Å². The second-order valence-corrected chi connectivity index (χ2v) is 8.76. The van der Waals surface area contributed by atoms with Gasteiger partial charge in [0.1, 0.15) is 18.2 Å². The first-order chi connectivity index (χ1) is 16.1. The molecule has 3 aromatic rings. The lowest BCUT2D eigenvalue weighted by molar-refractivity contribution is -0.119. The Labute approximate surface area is 192 Å². The topological polar surface area (TPSA) is 95.7 Å². The van der Waals surface area contributed by atoms with Crippen LogP contribution in [0.5, 0.6) is 17.4 Å². The number of nitrogens with zero attached hydrogens (tertiary/aromatic N) is 2. The summed E-state index contributed by atoms with van der Waals surface area (Å²) in [5.74, 6) is -3.46. The normalized spacial score (nSPS) is 22.9. The van der Waals surface area contributed by atoms with E-state index in [9.17, 15) is 18.0 Å². The van der Waals surface area contributed by atoms with Crippen LogP contribution in [0, 0.1) is 11.2 Å². The van der Waals surface area contributed by atoms with Crippen LogP contribution in [0.15, 0.2) is 28.8 Å². The number of ether oxygens (including phenoxy) is 3. The number of methoxy groups -OCH3 is 1. The van der Waals surface area contributed by atoms with Crippen molar-refractivity contribution in [3.63, 3.8) is 0 Å². The van der Waals surface area contributed by atoms with Gasteiger partial charge in [-0.05, 0) is 19.1 Å². The molecule has 11 heteroatoms. The Bertz CT molecular complexity index is 1280. The minimum Gasteiger partial charge on any atom is -0.493 e. The smallest absolute Gasteiger partial charge is 0.258 e. The summed E-state index contributed by atoms with van der Waals surface area (Å²) >= 11 is 0. The van der Waals surface area contributed by atoms with Crippen LogP contribution >= 0.6 is 0 Å². The van der Waals surface area contributed by atoms with E-state index >= 15 is 0 Å². The van der Waals surface area contributed by atoms with Crippen LogP contribution in [0.25, 0.3) is 22.6 Å². The number of aromatic nitrogens is 2. The first-order valence-corrected chi connectivity index (χ1v) is 10.7. The number of oxazole rings is 1. The lowest BCUT2D eigenvalue weighted by Gasteiger charge is -2.12. The average molecular weight is 477 g/mol. The molecule has 2 aromatic heterocycles. The van der Waals surface area contributed by atoms with E-state index in [1.54, 1.807) is 13.0 Å². The van der Waals surface area contributed by atoms with Crippen LogP contribution in [-0.2, 0) is 4.79 Å². The zero-order chi connectivity index (χ0) is 24.3. The lowest BCUT2D eigenvalue weighted by Crippen LogP contribution is -2.35. The second kappa shape index (κ2) is 7.78. The Morgan fingerprint density at radius 2 is 2.12 bits per heavy atom. The summed E-state index contributed by atoms with van der Waals surface area (Å²) in [5.41, 5.74) is -0.0895. The maximum absolute atomic E-state index is 14.9. The Balaban J connectivity index is 1.34. The predicted molar refractivity (Wildman–Crippen MR) is 114 cm³/mol. The van der Waals surface area contributed by atoms with Crippen molar-refractivity contribution in [3.05, 3.63) is 30.2 Å². The standard InChI is InChI=1S/C23H22F3N3O5/c1-11(28-12(2)30)9-32-19-6-16-15(8-27-19)29-21(33-16)13-4-14(24)20(17(5-13)31-3)34-18-7-22(18)10-23(22,25)26/h4-6,8,11,18H,7,9-10H2,1-3H3,(H,28,30)/t11-,18+,22?/m0/s1. The molecule has 2 fully saturated rings. The number of amides is 1. The third-order valence-electron chi connectivity index (χ3n) is 6.06. The van der Waals surface area contributed by atoms with E-state index in [0.717, 1.165) is 6.07 Å². The largest absolute Gasteiger partial charge is 0.493 e. The molecule has 1 spiro atoms. The SMILES string of the molecule is COc1cc(-c2nc3cnc(OC[C@H](C)NC(C)=O)cc3o2)cc(F)c1O[C@@H]1CC12CC2(F)F. The number of carbonyl (C=O) groups excluding carboxylic acids is 1. The molecule has 34 heavy (non-hydrogen) atoms. The molecule has 1 unspecified atom stereocenters. The molecule has 0 aliphatic heterocycles. The van der Waals surface area contributed by atoms with Gasteiger partial charge in [0.05, 0.1) is 24.8 Å². The van der Waals surface area contributed by atoms with Gasteiger partial charge in [-0.15, -0.1) is 0 Å². The fourth-order valence-electron chi connectivity index (χ4n) is 4.06. The first kappa shape index (κ1) is 22.3. The number of nitrogens with one attached hydrogen (secondary N) is 1. The summed E-state index contributed by atoms with van der Waals surface area (Å²) in [4.78, 5) is 19.6. The Kier molecular flexibility index (Phi) is 5.10. The number of alkyl halides is 2. The predicted octanol–water partition coefficient (Wildman–Crippen LogP) is 4.12. The molecule has 180 valence electrons. The zero-order valence-corrected chi connectivity index (χ0v) is 18.7. The van der Waals surface area contributed by atoms with Crippen molar-refractivity contribution in [2.75, 3.05) is 13.7 Å². The summed E-state index contributed by atoms with van der Waals surface area (Å²) in [6.45, 7) is 3.42. The van der Waals surface area contributed by atoms with Gasteiger partial charge in [-0.1, -0.05) is 0 Å². The quantitative estimate of drug-likeness (QED) is 0.522. The highest BCUT2D eigenvalue weighted by Crippen LogP contribution is 2.76. The fourth-order valence-corrected chi connectivity index (χ4v) is 4.06. The Morgan fingerprint density at radius 3 is 2.76 bits per heavy atom. The van der Waals surface area contributed by atoms with Gasteiger partial charge in [-0.3, -0.25) is 4.79 Å². The van der Waals surface area contributed by atoms with E-state index in [4.69, 9.17) is 18.6 Å². The Hall–Kier alpha value is -3.50. The van der Waals surface area contributed by atoms with Crippen molar-refractivity contribution in [3.8, 4) is 28.8 Å². The minimum absolute atomic E-state index is 0.0531. The van der Waals surface area contributed by atoms with E-state index < -0.39 is 23.3 Å². The van der Waals surface area contributed by atoms with E-state index in [2.05, 4.69) is 15.3 Å². The van der Waals surface area contributed by atoms with Gasteiger partial charge in [-0.2, -0.15) is 0 Å². The van der Waals surface area contributed by atoms with Gasteiger partial charge in [0.25, 0.3) is 5.92 Å². The van der Waals surface area contributed by atoms with Crippen LogP contribution in [0.3, 0.4) is 0 Å². The average Bonchev–Trinajstić information content (AvgIpc) is 3.52. The summed E-state index contributed by atoms with van der Waals surface area (Å²) in [7, 11) is 1.33. The van der Waals surface area contributed by atoms with Crippen LogP contribution in [0.2, 0.25) is 0 Å². The molecule has 5 rings (SSSR count). The molecule has 1 amide bonds. The molecule has 0 bridgehead atoms. The van der Waals surface area contributed by atoms with Crippen LogP contribution in [0.4, 0.5) is 13.2 Å². The molecule has 2 aliphatic carbocycles. The van der Waals surface area contributed by atoms with Crippen molar-refractivity contribution in [1.29, 1.82) is 0 Å². The van der Waals surface area contributed by atoms with Crippen molar-refractivity contribution in [1.82, 2.24) is 15.3 Å².